The summed E-state index contributed by atoms with van der Waals surface area (Å²) >= 11 is 0. The summed E-state index contributed by atoms with van der Waals surface area (Å²) in [4.78, 5) is 13.3. The molecule has 2 nitrogen and oxygen atoms in total. The summed E-state index contributed by atoms with van der Waals surface area (Å²) in [6, 6.07) is -2.30. The van der Waals surface area contributed by atoms with E-state index >= 15 is 0 Å². The predicted molar refractivity (Wildman–Crippen MR) is 59.7 cm³/mol. The average Bonchev–Trinajstić information content (AvgIpc) is 2.59. The Bertz CT molecular complexity index is 286. The first kappa shape index (κ1) is 14.5. The number of carbonyl (C=O) groups excluding carboxylic acids is 1. The van der Waals surface area contributed by atoms with Crippen molar-refractivity contribution in [3.05, 3.63) is 0 Å². The van der Waals surface area contributed by atoms with Crippen LogP contribution >= 0.6 is 0 Å². The normalized spacial score (nSPS) is 27.1. The van der Waals surface area contributed by atoms with Crippen molar-refractivity contribution in [2.45, 2.75) is 64.8 Å². The highest BCUT2D eigenvalue weighted by Crippen LogP contribution is 2.38. The number of hydrogen-bond donors (Lipinski definition) is 0. The van der Waals surface area contributed by atoms with E-state index in [0.29, 0.717) is 6.42 Å². The van der Waals surface area contributed by atoms with Gasteiger partial charge in [-0.15, -0.1) is 0 Å². The van der Waals surface area contributed by atoms with Crippen molar-refractivity contribution in [3.63, 3.8) is 0 Å². The Morgan fingerprint density at radius 1 is 1.18 bits per heavy atom. The van der Waals surface area contributed by atoms with E-state index in [2.05, 4.69) is 0 Å². The molecule has 100 valence electrons. The molecule has 1 saturated heterocycles. The molecule has 0 aromatic rings. The van der Waals surface area contributed by atoms with Gasteiger partial charge in [-0.3, -0.25) is 9.69 Å². The molecule has 0 bridgehead atoms. The standard InChI is InChI=1S/C12H20F3NO/c1-7(2)11(17)9-5-6-10(12(13,14)15)16(9)8(3)4/h7-10H,5-6H2,1-4H3/t9-,10+/m0/s1. The van der Waals surface area contributed by atoms with Crippen LogP contribution in [0.4, 0.5) is 13.2 Å². The lowest BCUT2D eigenvalue weighted by atomic mass is 9.99. The van der Waals surface area contributed by atoms with Crippen LogP contribution in [0, 0.1) is 5.92 Å². The number of likely N-dealkylation sites (tertiary alicyclic amines) is 1. The van der Waals surface area contributed by atoms with Crippen molar-refractivity contribution in [3.8, 4) is 0 Å². The number of nitrogens with zero attached hydrogens (tertiary/aromatic N) is 1. The second-order valence-electron chi connectivity index (χ2n) is 5.25. The van der Waals surface area contributed by atoms with E-state index in [0.717, 1.165) is 0 Å². The summed E-state index contributed by atoms with van der Waals surface area (Å²) in [5.41, 5.74) is 0. The molecular formula is C12H20F3NO. The molecule has 2 atom stereocenters. The molecule has 0 spiro atoms. The smallest absolute Gasteiger partial charge is 0.298 e. The second-order valence-corrected chi connectivity index (χ2v) is 5.25. The Hall–Kier alpha value is -0.580. The minimum absolute atomic E-state index is 0.0325. The molecule has 1 heterocycles. The molecule has 17 heavy (non-hydrogen) atoms. The first-order chi connectivity index (χ1) is 7.66. The maximum Gasteiger partial charge on any atom is 0.404 e. The minimum Gasteiger partial charge on any atom is -0.298 e. The van der Waals surface area contributed by atoms with E-state index in [4.69, 9.17) is 0 Å². The summed E-state index contributed by atoms with van der Waals surface area (Å²) in [6.45, 7) is 6.90. The van der Waals surface area contributed by atoms with Crippen LogP contribution in [0.25, 0.3) is 0 Å². The van der Waals surface area contributed by atoms with Crippen LogP contribution in [0.3, 0.4) is 0 Å². The molecule has 0 amide bonds. The zero-order valence-corrected chi connectivity index (χ0v) is 10.7. The van der Waals surface area contributed by atoms with E-state index in [9.17, 15) is 18.0 Å². The molecule has 1 aliphatic heterocycles. The Morgan fingerprint density at radius 2 is 1.71 bits per heavy atom. The number of ketones is 1. The third kappa shape index (κ3) is 3.00. The highest BCUT2D eigenvalue weighted by Gasteiger charge is 2.51. The van der Waals surface area contributed by atoms with Gasteiger partial charge in [0.05, 0.1) is 6.04 Å². The minimum atomic E-state index is -4.24. The second kappa shape index (κ2) is 4.96. The molecule has 1 aliphatic rings. The SMILES string of the molecule is CC(C)C(=O)[C@@H]1CC[C@H](C(F)(F)F)N1C(C)C. The lowest BCUT2D eigenvalue weighted by molar-refractivity contribution is -0.184. The lowest BCUT2D eigenvalue weighted by Crippen LogP contribution is -2.51. The Kier molecular flexibility index (Phi) is 4.23. The van der Waals surface area contributed by atoms with Gasteiger partial charge in [-0.1, -0.05) is 13.8 Å². The zero-order chi connectivity index (χ0) is 13.4. The fraction of sp³-hybridized carbons (Fsp3) is 0.917. The van der Waals surface area contributed by atoms with Crippen LogP contribution < -0.4 is 0 Å². The molecule has 1 fully saturated rings. The molecule has 1 rings (SSSR count). The van der Waals surface area contributed by atoms with Gasteiger partial charge in [-0.25, -0.2) is 0 Å². The van der Waals surface area contributed by atoms with Gasteiger partial charge in [-0.2, -0.15) is 13.2 Å². The highest BCUT2D eigenvalue weighted by atomic mass is 19.4. The van der Waals surface area contributed by atoms with Crippen LogP contribution in [0.15, 0.2) is 0 Å². The van der Waals surface area contributed by atoms with Crippen LogP contribution in [0.2, 0.25) is 0 Å². The number of carbonyl (C=O) groups is 1. The van der Waals surface area contributed by atoms with Crippen molar-refractivity contribution in [2.75, 3.05) is 0 Å². The largest absolute Gasteiger partial charge is 0.404 e. The van der Waals surface area contributed by atoms with Crippen molar-refractivity contribution < 1.29 is 18.0 Å². The van der Waals surface area contributed by atoms with E-state index in [1.54, 1.807) is 27.7 Å². The number of Topliss-reactive ketones (excluding diaryl/α,β-unsaturated/α-hetero) is 1. The van der Waals surface area contributed by atoms with Gasteiger partial charge in [0.25, 0.3) is 0 Å². The fourth-order valence-corrected chi connectivity index (χ4v) is 2.56. The molecule has 0 radical (unpaired) electrons. The highest BCUT2D eigenvalue weighted by molar-refractivity contribution is 5.86. The van der Waals surface area contributed by atoms with E-state index in [-0.39, 0.29) is 24.2 Å². The van der Waals surface area contributed by atoms with Crippen molar-refractivity contribution in [1.82, 2.24) is 4.90 Å². The topological polar surface area (TPSA) is 20.3 Å². The third-order valence-corrected chi connectivity index (χ3v) is 3.30. The summed E-state index contributed by atoms with van der Waals surface area (Å²) < 4.78 is 38.6. The monoisotopic (exact) mass is 251 g/mol. The molecular weight excluding hydrogens is 231 g/mol. The van der Waals surface area contributed by atoms with Gasteiger partial charge < -0.3 is 0 Å². The Labute approximate surface area is 100 Å². The van der Waals surface area contributed by atoms with Crippen LogP contribution in [-0.2, 0) is 4.79 Å². The number of halogens is 3. The maximum absolute atomic E-state index is 12.9. The third-order valence-electron chi connectivity index (χ3n) is 3.30. The van der Waals surface area contributed by atoms with Crippen LogP contribution in [0.5, 0.6) is 0 Å². The summed E-state index contributed by atoms with van der Waals surface area (Å²) in [7, 11) is 0. The molecule has 0 aromatic heterocycles. The van der Waals surface area contributed by atoms with Gasteiger partial charge in [0.2, 0.25) is 0 Å². The van der Waals surface area contributed by atoms with E-state index < -0.39 is 18.3 Å². The quantitative estimate of drug-likeness (QED) is 0.768. The van der Waals surface area contributed by atoms with Crippen molar-refractivity contribution in [2.24, 2.45) is 5.92 Å². The fourth-order valence-electron chi connectivity index (χ4n) is 2.56. The van der Waals surface area contributed by atoms with Crippen LogP contribution in [-0.4, -0.2) is 35.0 Å². The molecule has 0 N–H and O–H groups in total. The average molecular weight is 251 g/mol. The lowest BCUT2D eigenvalue weighted by Gasteiger charge is -2.34. The first-order valence-corrected chi connectivity index (χ1v) is 6.04. The summed E-state index contributed by atoms with van der Waals surface area (Å²) in [5, 5.41) is 0. The van der Waals surface area contributed by atoms with E-state index in [1.165, 1.54) is 4.90 Å². The molecule has 0 aromatic carbocycles. The van der Waals surface area contributed by atoms with Gasteiger partial charge in [-0.05, 0) is 26.7 Å². The van der Waals surface area contributed by atoms with E-state index in [1.807, 2.05) is 0 Å². The number of rotatable bonds is 3. The predicted octanol–water partition coefficient (Wildman–Crippen LogP) is 3.02. The molecule has 5 heteroatoms. The number of alkyl halides is 3. The zero-order valence-electron chi connectivity index (χ0n) is 10.7. The van der Waals surface area contributed by atoms with Gasteiger partial charge in [0.1, 0.15) is 6.04 Å². The molecule has 0 aliphatic carbocycles. The summed E-state index contributed by atoms with van der Waals surface area (Å²) in [5.74, 6) is -0.293. The van der Waals surface area contributed by atoms with Gasteiger partial charge in [0.15, 0.2) is 5.78 Å². The Balaban J connectivity index is 2.93. The molecule has 0 saturated carbocycles. The molecule has 0 unspecified atom stereocenters. The number of hydrogen-bond acceptors (Lipinski definition) is 2. The van der Waals surface area contributed by atoms with Crippen molar-refractivity contribution >= 4 is 5.78 Å². The van der Waals surface area contributed by atoms with Gasteiger partial charge >= 0.3 is 6.18 Å². The van der Waals surface area contributed by atoms with Crippen molar-refractivity contribution in [1.29, 1.82) is 0 Å². The van der Waals surface area contributed by atoms with Crippen LogP contribution in [0.1, 0.15) is 40.5 Å². The maximum atomic E-state index is 12.9. The van der Waals surface area contributed by atoms with Gasteiger partial charge in [0, 0.05) is 12.0 Å². The summed E-state index contributed by atoms with van der Waals surface area (Å²) in [6.07, 6.45) is -3.89. The first-order valence-electron chi connectivity index (χ1n) is 6.04. The Morgan fingerprint density at radius 3 is 2.06 bits per heavy atom.